The second-order valence-corrected chi connectivity index (χ2v) is 9.83. The maximum atomic E-state index is 14.3. The molecule has 1 amide bonds. The van der Waals surface area contributed by atoms with E-state index in [1.54, 1.807) is 18.2 Å². The molecule has 0 radical (unpaired) electrons. The number of fused-ring (bicyclic) bond motifs is 1. The van der Waals surface area contributed by atoms with E-state index in [-0.39, 0.29) is 45.8 Å². The molecule has 0 bridgehead atoms. The predicted molar refractivity (Wildman–Crippen MR) is 115 cm³/mol. The SMILES string of the molecule is O=C1CC[C@H](c2nc(-c3sc4c(N[C@@H]5CCOC[C@@H]5F)cccc4c3SC(F)(F)F)no2)N1. The first-order valence-electron chi connectivity index (χ1n) is 10.2. The molecule has 3 aromatic rings. The van der Waals surface area contributed by atoms with Crippen LogP contribution in [0.4, 0.5) is 23.2 Å². The summed E-state index contributed by atoms with van der Waals surface area (Å²) < 4.78 is 65.5. The number of rotatable bonds is 5. The molecule has 0 unspecified atom stereocenters. The minimum Gasteiger partial charge on any atom is -0.378 e. The number of ether oxygens (including phenoxy) is 1. The number of anilines is 1. The zero-order valence-corrected chi connectivity index (χ0v) is 18.6. The summed E-state index contributed by atoms with van der Waals surface area (Å²) >= 11 is 0.834. The van der Waals surface area contributed by atoms with E-state index in [0.29, 0.717) is 41.6 Å². The summed E-state index contributed by atoms with van der Waals surface area (Å²) in [6.45, 7) is 0.379. The van der Waals surface area contributed by atoms with Crippen LogP contribution in [0.2, 0.25) is 0 Å². The average Bonchev–Trinajstić information content (AvgIpc) is 3.48. The van der Waals surface area contributed by atoms with E-state index in [1.807, 2.05) is 0 Å². The van der Waals surface area contributed by atoms with Crippen LogP contribution in [0.5, 0.6) is 0 Å². The van der Waals surface area contributed by atoms with Gasteiger partial charge in [-0.3, -0.25) is 4.79 Å². The fourth-order valence-corrected chi connectivity index (χ4v) is 6.02. The van der Waals surface area contributed by atoms with Gasteiger partial charge in [0, 0.05) is 23.3 Å². The molecule has 3 atom stereocenters. The molecule has 0 spiro atoms. The number of nitrogens with one attached hydrogen (secondary N) is 2. The molecule has 0 aliphatic carbocycles. The van der Waals surface area contributed by atoms with Crippen LogP contribution in [0.1, 0.15) is 31.2 Å². The highest BCUT2D eigenvalue weighted by atomic mass is 32.2. The van der Waals surface area contributed by atoms with Gasteiger partial charge in [-0.25, -0.2) is 4.39 Å². The van der Waals surface area contributed by atoms with E-state index in [2.05, 4.69) is 20.8 Å². The third-order valence-electron chi connectivity index (χ3n) is 5.45. The van der Waals surface area contributed by atoms with Gasteiger partial charge in [0.25, 0.3) is 0 Å². The number of amides is 1. The zero-order valence-electron chi connectivity index (χ0n) is 16.9. The second kappa shape index (κ2) is 8.76. The fraction of sp³-hybridized carbons (Fsp3) is 0.450. The molecular weight excluding hydrogens is 484 g/mol. The lowest BCUT2D eigenvalue weighted by atomic mass is 10.1. The Kier molecular flexibility index (Phi) is 5.95. The van der Waals surface area contributed by atoms with Gasteiger partial charge in [0.15, 0.2) is 0 Å². The Labute approximate surface area is 193 Å². The molecule has 2 saturated heterocycles. The van der Waals surface area contributed by atoms with E-state index in [4.69, 9.17) is 9.26 Å². The van der Waals surface area contributed by atoms with Crippen LogP contribution in [0.25, 0.3) is 20.8 Å². The first kappa shape index (κ1) is 22.4. The number of hydrogen-bond donors (Lipinski definition) is 2. The summed E-state index contributed by atoms with van der Waals surface area (Å²) in [6, 6.07) is 3.96. The molecular formula is C20H18F4N4O3S2. The van der Waals surface area contributed by atoms with Gasteiger partial charge in [0.05, 0.1) is 27.9 Å². The van der Waals surface area contributed by atoms with Crippen molar-refractivity contribution in [2.45, 2.75) is 47.9 Å². The first-order valence-corrected chi connectivity index (χ1v) is 11.8. The molecule has 2 aliphatic heterocycles. The van der Waals surface area contributed by atoms with Crippen LogP contribution < -0.4 is 10.6 Å². The van der Waals surface area contributed by atoms with Crippen LogP contribution in [-0.2, 0) is 9.53 Å². The molecule has 2 aliphatic rings. The summed E-state index contributed by atoms with van der Waals surface area (Å²) in [5.74, 6) is 0.0153. The van der Waals surface area contributed by atoms with E-state index in [1.165, 1.54) is 0 Å². The molecule has 2 fully saturated rings. The monoisotopic (exact) mass is 502 g/mol. The van der Waals surface area contributed by atoms with Gasteiger partial charge >= 0.3 is 5.51 Å². The van der Waals surface area contributed by atoms with Gasteiger partial charge in [-0.1, -0.05) is 17.3 Å². The van der Waals surface area contributed by atoms with Gasteiger partial charge in [-0.15, -0.1) is 11.3 Å². The summed E-state index contributed by atoms with van der Waals surface area (Å²) in [4.78, 5) is 15.9. The van der Waals surface area contributed by atoms with Crippen molar-refractivity contribution in [3.8, 4) is 10.7 Å². The number of thiophene rings is 1. The molecule has 1 aromatic carbocycles. The van der Waals surface area contributed by atoms with Crippen molar-refractivity contribution in [2.75, 3.05) is 18.5 Å². The third kappa shape index (κ3) is 4.66. The maximum Gasteiger partial charge on any atom is 0.446 e. The predicted octanol–water partition coefficient (Wildman–Crippen LogP) is 5.05. The zero-order chi connectivity index (χ0) is 23.2. The third-order valence-corrected chi connectivity index (χ3v) is 7.68. The molecule has 5 rings (SSSR count). The molecule has 2 N–H and O–H groups in total. The molecule has 4 heterocycles. The van der Waals surface area contributed by atoms with Crippen LogP contribution in [-0.4, -0.2) is 47.0 Å². The van der Waals surface area contributed by atoms with E-state index >= 15 is 0 Å². The van der Waals surface area contributed by atoms with Crippen molar-refractivity contribution in [3.05, 3.63) is 24.1 Å². The Bertz CT molecular complexity index is 1180. The quantitative estimate of drug-likeness (QED) is 0.373. The maximum absolute atomic E-state index is 14.3. The van der Waals surface area contributed by atoms with Crippen molar-refractivity contribution in [1.82, 2.24) is 15.5 Å². The highest BCUT2D eigenvalue weighted by Crippen LogP contribution is 2.50. The number of halogens is 4. The van der Waals surface area contributed by atoms with Crippen LogP contribution >= 0.6 is 23.1 Å². The lowest BCUT2D eigenvalue weighted by molar-refractivity contribution is -0.119. The van der Waals surface area contributed by atoms with E-state index < -0.39 is 23.8 Å². The van der Waals surface area contributed by atoms with Crippen LogP contribution in [0.15, 0.2) is 27.6 Å². The standard InChI is InChI=1S/C20H18F4N4O3S2/c21-10-8-30-7-6-11(10)25-12-3-1-2-9-15(12)32-17(16(9)33-20(22,23)24)18-27-19(31-28-18)13-4-5-14(29)26-13/h1-3,10-11,13,25H,4-8H2,(H,26,29)/t10-,11+,13+/m0/s1. The lowest BCUT2D eigenvalue weighted by Crippen LogP contribution is -2.39. The van der Waals surface area contributed by atoms with Crippen molar-refractivity contribution in [2.24, 2.45) is 0 Å². The fourth-order valence-electron chi connectivity index (χ4n) is 3.91. The minimum absolute atomic E-state index is 0.0134. The number of carbonyl (C=O) groups excluding carboxylic acids is 1. The van der Waals surface area contributed by atoms with Gasteiger partial charge in [0.1, 0.15) is 12.2 Å². The van der Waals surface area contributed by atoms with E-state index in [9.17, 15) is 22.4 Å². The second-order valence-electron chi connectivity index (χ2n) is 7.74. The average molecular weight is 503 g/mol. The summed E-state index contributed by atoms with van der Waals surface area (Å²) in [7, 11) is 0. The highest BCUT2D eigenvalue weighted by Gasteiger charge is 2.35. The van der Waals surface area contributed by atoms with Gasteiger partial charge in [-0.2, -0.15) is 18.2 Å². The van der Waals surface area contributed by atoms with Gasteiger partial charge in [-0.05, 0) is 30.7 Å². The van der Waals surface area contributed by atoms with Crippen molar-refractivity contribution in [3.63, 3.8) is 0 Å². The Balaban J connectivity index is 1.55. The highest BCUT2D eigenvalue weighted by molar-refractivity contribution is 8.00. The number of aromatic nitrogens is 2. The van der Waals surface area contributed by atoms with Gasteiger partial charge in [0.2, 0.25) is 17.6 Å². The number of carbonyl (C=O) groups is 1. The number of thioether (sulfide) groups is 1. The van der Waals surface area contributed by atoms with Crippen molar-refractivity contribution >= 4 is 44.8 Å². The topological polar surface area (TPSA) is 89.3 Å². The smallest absolute Gasteiger partial charge is 0.378 e. The van der Waals surface area contributed by atoms with Gasteiger partial charge < -0.3 is 19.9 Å². The van der Waals surface area contributed by atoms with E-state index in [0.717, 1.165) is 11.3 Å². The largest absolute Gasteiger partial charge is 0.446 e. The lowest BCUT2D eigenvalue weighted by Gasteiger charge is -2.27. The summed E-state index contributed by atoms with van der Waals surface area (Å²) in [5, 5.41) is 10.1. The molecule has 7 nitrogen and oxygen atoms in total. The Morgan fingerprint density at radius 2 is 2.12 bits per heavy atom. The molecule has 2 aromatic heterocycles. The summed E-state index contributed by atoms with van der Waals surface area (Å²) in [6.07, 6.45) is 0.0119. The Morgan fingerprint density at radius 3 is 2.85 bits per heavy atom. The van der Waals surface area contributed by atoms with Crippen molar-refractivity contribution < 1.29 is 31.6 Å². The molecule has 176 valence electrons. The molecule has 33 heavy (non-hydrogen) atoms. The Hall–Kier alpha value is -2.38. The van der Waals surface area contributed by atoms with Crippen LogP contribution in [0.3, 0.4) is 0 Å². The minimum atomic E-state index is -4.54. The number of alkyl halides is 4. The number of nitrogens with zero attached hydrogens (tertiary/aromatic N) is 2. The summed E-state index contributed by atoms with van der Waals surface area (Å²) in [5.41, 5.74) is -4.00. The van der Waals surface area contributed by atoms with Crippen molar-refractivity contribution in [1.29, 1.82) is 0 Å². The Morgan fingerprint density at radius 1 is 1.27 bits per heavy atom. The number of hydrogen-bond acceptors (Lipinski definition) is 8. The number of benzene rings is 1. The molecule has 0 saturated carbocycles. The molecule has 13 heteroatoms. The first-order chi connectivity index (χ1) is 15.8. The normalized spacial score (nSPS) is 23.8. The van der Waals surface area contributed by atoms with Crippen LogP contribution in [0, 0.1) is 0 Å².